The Bertz CT molecular complexity index is 1440. The van der Waals surface area contributed by atoms with Gasteiger partial charge >= 0.3 is 0 Å². The van der Waals surface area contributed by atoms with Gasteiger partial charge in [-0.25, -0.2) is 9.97 Å². The topological polar surface area (TPSA) is 70.2 Å². The van der Waals surface area contributed by atoms with E-state index in [0.717, 1.165) is 22.6 Å². The van der Waals surface area contributed by atoms with Crippen LogP contribution in [0.3, 0.4) is 0 Å². The lowest BCUT2D eigenvalue weighted by Gasteiger charge is -2.13. The summed E-state index contributed by atoms with van der Waals surface area (Å²) in [5.41, 5.74) is 3.33. The number of fused-ring (bicyclic) bond motifs is 1. The van der Waals surface area contributed by atoms with Gasteiger partial charge in [0.25, 0.3) is 5.56 Å². The van der Waals surface area contributed by atoms with Crippen LogP contribution in [0.15, 0.2) is 99.5 Å². The molecule has 0 aliphatic rings. The van der Waals surface area contributed by atoms with Gasteiger partial charge in [-0.1, -0.05) is 54.2 Å². The number of thioether (sulfide) groups is 1. The third-order valence-corrected chi connectivity index (χ3v) is 6.26. The molecule has 164 valence electrons. The van der Waals surface area contributed by atoms with Crippen LogP contribution in [0.25, 0.3) is 22.4 Å². The quantitative estimate of drug-likeness (QED) is 0.242. The Morgan fingerprint density at radius 3 is 2.48 bits per heavy atom. The van der Waals surface area contributed by atoms with Crippen molar-refractivity contribution in [2.75, 3.05) is 7.11 Å². The van der Waals surface area contributed by atoms with Crippen molar-refractivity contribution >= 4 is 22.7 Å². The molecule has 0 radical (unpaired) electrons. The van der Waals surface area contributed by atoms with E-state index >= 15 is 0 Å². The van der Waals surface area contributed by atoms with Gasteiger partial charge in [-0.15, -0.1) is 0 Å². The zero-order valence-corrected chi connectivity index (χ0v) is 18.8. The van der Waals surface area contributed by atoms with Gasteiger partial charge in [-0.2, -0.15) is 0 Å². The third-order valence-electron chi connectivity index (χ3n) is 5.25. The summed E-state index contributed by atoms with van der Waals surface area (Å²) in [6.07, 6.45) is 1.65. The molecule has 0 fully saturated rings. The number of nitrogens with zero attached hydrogens (tertiary/aromatic N) is 3. The third kappa shape index (κ3) is 4.54. The number of para-hydroxylation sites is 1. The van der Waals surface area contributed by atoms with Crippen molar-refractivity contribution in [3.05, 3.63) is 107 Å². The van der Waals surface area contributed by atoms with Crippen LogP contribution in [0.4, 0.5) is 0 Å². The summed E-state index contributed by atoms with van der Waals surface area (Å²) >= 11 is 1.47. The van der Waals surface area contributed by atoms with Crippen LogP contribution in [-0.4, -0.2) is 21.6 Å². The Morgan fingerprint density at radius 1 is 0.939 bits per heavy atom. The average Bonchev–Trinajstić information content (AvgIpc) is 3.34. The number of ether oxygens (including phenoxy) is 1. The van der Waals surface area contributed by atoms with E-state index in [1.54, 1.807) is 17.9 Å². The standard InChI is InChI=1S/C26H21N3O3S/c1-31-21-13-11-19(12-14-21)24-27-20(16-32-24)17-33-26-28-23-10-6-5-9-22(23)25(30)29(26)15-18-7-3-2-4-8-18/h2-14,16H,15,17H2,1H3. The van der Waals surface area contributed by atoms with Gasteiger partial charge < -0.3 is 9.15 Å². The van der Waals surface area contributed by atoms with E-state index in [2.05, 4.69) is 4.98 Å². The van der Waals surface area contributed by atoms with Crippen LogP contribution >= 0.6 is 11.8 Å². The summed E-state index contributed by atoms with van der Waals surface area (Å²) in [6, 6.07) is 24.9. The van der Waals surface area contributed by atoms with Crippen LogP contribution in [0.1, 0.15) is 11.3 Å². The second-order valence-corrected chi connectivity index (χ2v) is 8.39. The molecule has 2 aromatic heterocycles. The molecule has 0 saturated carbocycles. The number of rotatable bonds is 7. The molecule has 0 saturated heterocycles. The summed E-state index contributed by atoms with van der Waals surface area (Å²) in [6.45, 7) is 0.454. The van der Waals surface area contributed by atoms with E-state index in [0.29, 0.717) is 34.2 Å². The van der Waals surface area contributed by atoms with E-state index in [1.165, 1.54) is 11.8 Å². The molecule has 0 atom stereocenters. The predicted molar refractivity (Wildman–Crippen MR) is 130 cm³/mol. The summed E-state index contributed by atoms with van der Waals surface area (Å²) in [7, 11) is 1.63. The molecule has 6 nitrogen and oxygen atoms in total. The van der Waals surface area contributed by atoms with Crippen molar-refractivity contribution in [1.82, 2.24) is 14.5 Å². The Labute approximate surface area is 194 Å². The van der Waals surface area contributed by atoms with Crippen molar-refractivity contribution in [2.24, 2.45) is 0 Å². The van der Waals surface area contributed by atoms with Crippen molar-refractivity contribution in [3.63, 3.8) is 0 Å². The maximum absolute atomic E-state index is 13.3. The fourth-order valence-electron chi connectivity index (χ4n) is 3.54. The molecule has 0 bridgehead atoms. The van der Waals surface area contributed by atoms with Crippen LogP contribution in [0, 0.1) is 0 Å². The summed E-state index contributed by atoms with van der Waals surface area (Å²) in [5.74, 6) is 1.85. The molecule has 33 heavy (non-hydrogen) atoms. The fraction of sp³-hybridized carbons (Fsp3) is 0.115. The number of methoxy groups -OCH3 is 1. The van der Waals surface area contributed by atoms with E-state index in [4.69, 9.17) is 14.1 Å². The molecular formula is C26H21N3O3S. The molecule has 0 amide bonds. The molecule has 5 rings (SSSR count). The van der Waals surface area contributed by atoms with E-state index < -0.39 is 0 Å². The van der Waals surface area contributed by atoms with Gasteiger partial charge in [0, 0.05) is 11.3 Å². The molecule has 0 aliphatic carbocycles. The zero-order valence-electron chi connectivity index (χ0n) is 18.0. The highest BCUT2D eigenvalue weighted by Gasteiger charge is 2.14. The summed E-state index contributed by atoms with van der Waals surface area (Å²) in [5, 5.41) is 1.26. The second-order valence-electron chi connectivity index (χ2n) is 7.45. The van der Waals surface area contributed by atoms with Crippen LogP contribution in [-0.2, 0) is 12.3 Å². The first-order valence-electron chi connectivity index (χ1n) is 10.5. The highest BCUT2D eigenvalue weighted by Crippen LogP contribution is 2.26. The van der Waals surface area contributed by atoms with E-state index in [9.17, 15) is 4.79 Å². The van der Waals surface area contributed by atoms with Gasteiger partial charge in [0.1, 0.15) is 12.0 Å². The minimum Gasteiger partial charge on any atom is -0.497 e. The predicted octanol–water partition coefficient (Wildman–Crippen LogP) is 5.40. The maximum Gasteiger partial charge on any atom is 0.262 e. The Morgan fingerprint density at radius 2 is 1.70 bits per heavy atom. The molecule has 2 heterocycles. The normalized spacial score (nSPS) is 11.1. The minimum absolute atomic E-state index is 0.0500. The Kier molecular flexibility index (Phi) is 5.95. The highest BCUT2D eigenvalue weighted by molar-refractivity contribution is 7.98. The smallest absolute Gasteiger partial charge is 0.262 e. The van der Waals surface area contributed by atoms with Crippen LogP contribution in [0.5, 0.6) is 5.75 Å². The first-order valence-corrected chi connectivity index (χ1v) is 11.4. The van der Waals surface area contributed by atoms with E-state index in [1.807, 2.05) is 78.9 Å². The van der Waals surface area contributed by atoms with Crippen molar-refractivity contribution in [3.8, 4) is 17.2 Å². The number of hydrogen-bond donors (Lipinski definition) is 0. The molecule has 0 N–H and O–H groups in total. The number of oxazole rings is 1. The SMILES string of the molecule is COc1ccc(-c2nc(CSc3nc4ccccc4c(=O)n3Cc3ccccc3)co2)cc1. The Balaban J connectivity index is 1.43. The van der Waals surface area contributed by atoms with Crippen molar-refractivity contribution < 1.29 is 9.15 Å². The number of hydrogen-bond acceptors (Lipinski definition) is 6. The first-order chi connectivity index (χ1) is 16.2. The lowest BCUT2D eigenvalue weighted by molar-refractivity contribution is 0.415. The Hall–Kier alpha value is -3.84. The van der Waals surface area contributed by atoms with Gasteiger partial charge in [0.2, 0.25) is 5.89 Å². The first kappa shape index (κ1) is 21.0. The molecular weight excluding hydrogens is 434 g/mol. The van der Waals surface area contributed by atoms with Crippen LogP contribution in [0.2, 0.25) is 0 Å². The molecule has 5 aromatic rings. The molecule has 3 aromatic carbocycles. The van der Waals surface area contributed by atoms with Crippen molar-refractivity contribution in [2.45, 2.75) is 17.5 Å². The maximum atomic E-state index is 13.3. The van der Waals surface area contributed by atoms with Gasteiger partial charge in [-0.3, -0.25) is 9.36 Å². The van der Waals surface area contributed by atoms with E-state index in [-0.39, 0.29) is 5.56 Å². The van der Waals surface area contributed by atoms with Gasteiger partial charge in [0.05, 0.1) is 30.3 Å². The van der Waals surface area contributed by atoms with Crippen LogP contribution < -0.4 is 10.3 Å². The fourth-order valence-corrected chi connectivity index (χ4v) is 4.42. The highest BCUT2D eigenvalue weighted by atomic mass is 32.2. The minimum atomic E-state index is -0.0500. The molecule has 0 spiro atoms. The summed E-state index contributed by atoms with van der Waals surface area (Å²) in [4.78, 5) is 22.7. The average molecular weight is 456 g/mol. The number of aromatic nitrogens is 3. The monoisotopic (exact) mass is 455 g/mol. The lowest BCUT2D eigenvalue weighted by Crippen LogP contribution is -2.24. The van der Waals surface area contributed by atoms with Crippen molar-refractivity contribution in [1.29, 1.82) is 0 Å². The molecule has 0 unspecified atom stereocenters. The second kappa shape index (κ2) is 9.34. The zero-order chi connectivity index (χ0) is 22.6. The van der Waals surface area contributed by atoms with Gasteiger partial charge in [-0.05, 0) is 42.0 Å². The molecule has 7 heteroatoms. The lowest BCUT2D eigenvalue weighted by atomic mass is 10.2. The molecule has 0 aliphatic heterocycles. The number of benzene rings is 3. The largest absolute Gasteiger partial charge is 0.497 e. The van der Waals surface area contributed by atoms with Gasteiger partial charge in [0.15, 0.2) is 5.16 Å². The summed E-state index contributed by atoms with van der Waals surface area (Å²) < 4.78 is 12.6.